The number of thiazole rings is 1. The summed E-state index contributed by atoms with van der Waals surface area (Å²) in [7, 11) is 3.47. The van der Waals surface area contributed by atoms with Gasteiger partial charge in [-0.3, -0.25) is 4.99 Å². The number of aryl methyl sites for hydroxylation is 2. The Bertz CT molecular complexity index is 645. The molecule has 0 aliphatic carbocycles. The molecule has 0 atom stereocenters. The number of guanidine groups is 1. The van der Waals surface area contributed by atoms with E-state index in [1.54, 1.807) is 25.5 Å². The van der Waals surface area contributed by atoms with E-state index in [1.165, 1.54) is 15.4 Å². The van der Waals surface area contributed by atoms with Crippen LogP contribution < -0.4 is 15.4 Å². The number of hydrogen-bond acceptors (Lipinski definition) is 4. The molecule has 0 aliphatic rings. The van der Waals surface area contributed by atoms with Gasteiger partial charge in [-0.1, -0.05) is 12.1 Å². The molecule has 24 heavy (non-hydrogen) atoms. The van der Waals surface area contributed by atoms with Crippen LogP contribution in [0.4, 0.5) is 0 Å². The van der Waals surface area contributed by atoms with Crippen LogP contribution in [-0.4, -0.2) is 38.2 Å². The lowest BCUT2D eigenvalue weighted by Crippen LogP contribution is -2.39. The van der Waals surface area contributed by atoms with Gasteiger partial charge < -0.3 is 15.4 Å². The second-order valence-electron chi connectivity index (χ2n) is 5.52. The molecule has 2 rings (SSSR count). The molecule has 130 valence electrons. The minimum atomic E-state index is 0.827. The lowest BCUT2D eigenvalue weighted by Gasteiger charge is -2.11. The van der Waals surface area contributed by atoms with Gasteiger partial charge in [0.25, 0.3) is 0 Å². The summed E-state index contributed by atoms with van der Waals surface area (Å²) in [5.74, 6) is 1.71. The zero-order valence-corrected chi connectivity index (χ0v) is 15.7. The highest BCUT2D eigenvalue weighted by Gasteiger charge is 2.04. The number of rotatable bonds is 7. The van der Waals surface area contributed by atoms with Gasteiger partial charge in [-0.25, -0.2) is 4.98 Å². The Morgan fingerprint density at radius 3 is 2.33 bits per heavy atom. The molecular weight excluding hydrogens is 320 g/mol. The normalized spacial score (nSPS) is 11.4. The van der Waals surface area contributed by atoms with Crippen molar-refractivity contribution in [2.45, 2.75) is 26.7 Å². The first kappa shape index (κ1) is 18.3. The quantitative estimate of drug-likeness (QED) is 0.598. The molecule has 0 spiro atoms. The van der Waals surface area contributed by atoms with Crippen LogP contribution in [0.2, 0.25) is 0 Å². The van der Waals surface area contributed by atoms with Crippen molar-refractivity contribution in [3.63, 3.8) is 0 Å². The molecule has 6 heteroatoms. The molecule has 5 nitrogen and oxygen atoms in total. The van der Waals surface area contributed by atoms with E-state index in [2.05, 4.69) is 46.6 Å². The third kappa shape index (κ3) is 5.53. The highest BCUT2D eigenvalue weighted by molar-refractivity contribution is 7.11. The number of nitrogens with zero attached hydrogens (tertiary/aromatic N) is 2. The number of benzene rings is 1. The first-order valence-corrected chi connectivity index (χ1v) is 8.94. The van der Waals surface area contributed by atoms with E-state index in [0.29, 0.717) is 0 Å². The summed E-state index contributed by atoms with van der Waals surface area (Å²) in [6.07, 6.45) is 1.86. The molecule has 0 radical (unpaired) electrons. The Kier molecular flexibility index (Phi) is 7.06. The van der Waals surface area contributed by atoms with Gasteiger partial charge in [0.2, 0.25) is 0 Å². The maximum absolute atomic E-state index is 5.17. The standard InChI is InChI=1S/C18H26N4OS/c1-13-14(2)24-17(22-13)10-12-21-18(19-3)20-11-9-15-5-7-16(23-4)8-6-15/h5-8H,9-12H2,1-4H3,(H2,19,20,21). The monoisotopic (exact) mass is 346 g/mol. The molecule has 0 bridgehead atoms. The van der Waals surface area contributed by atoms with Crippen LogP contribution in [-0.2, 0) is 12.8 Å². The van der Waals surface area contributed by atoms with Crippen molar-refractivity contribution in [3.8, 4) is 5.75 Å². The van der Waals surface area contributed by atoms with Gasteiger partial charge in [0.1, 0.15) is 5.75 Å². The number of ether oxygens (including phenoxy) is 1. The maximum Gasteiger partial charge on any atom is 0.191 e. The number of aromatic nitrogens is 1. The second-order valence-corrected chi connectivity index (χ2v) is 6.81. The van der Waals surface area contributed by atoms with Crippen LogP contribution in [0.25, 0.3) is 0 Å². The predicted molar refractivity (Wildman–Crippen MR) is 101 cm³/mol. The molecule has 0 saturated heterocycles. The van der Waals surface area contributed by atoms with E-state index in [-0.39, 0.29) is 0 Å². The number of aliphatic imine (C=N–C) groups is 1. The molecule has 0 fully saturated rings. The average molecular weight is 347 g/mol. The Morgan fingerprint density at radius 2 is 1.79 bits per heavy atom. The third-order valence-electron chi connectivity index (χ3n) is 3.79. The molecular formula is C18H26N4OS. The van der Waals surface area contributed by atoms with E-state index in [0.717, 1.165) is 43.3 Å². The van der Waals surface area contributed by atoms with E-state index in [4.69, 9.17) is 4.74 Å². The van der Waals surface area contributed by atoms with E-state index >= 15 is 0 Å². The Hall–Kier alpha value is -2.08. The first-order valence-electron chi connectivity index (χ1n) is 8.12. The summed E-state index contributed by atoms with van der Waals surface area (Å²) in [4.78, 5) is 10.1. The summed E-state index contributed by atoms with van der Waals surface area (Å²) in [5.41, 5.74) is 2.41. The van der Waals surface area contributed by atoms with E-state index in [1.807, 2.05) is 12.1 Å². The topological polar surface area (TPSA) is 58.5 Å². The van der Waals surface area contributed by atoms with Gasteiger partial charge in [-0.05, 0) is 38.0 Å². The van der Waals surface area contributed by atoms with Gasteiger partial charge in [0.15, 0.2) is 5.96 Å². The summed E-state index contributed by atoms with van der Waals surface area (Å²) in [6.45, 7) is 5.84. The minimum Gasteiger partial charge on any atom is -0.497 e. The average Bonchev–Trinajstić information content (AvgIpc) is 2.92. The number of hydrogen-bond donors (Lipinski definition) is 2. The Morgan fingerprint density at radius 1 is 1.12 bits per heavy atom. The SMILES string of the molecule is CN=C(NCCc1ccc(OC)cc1)NCCc1nc(C)c(C)s1. The largest absolute Gasteiger partial charge is 0.497 e. The Balaban J connectivity index is 1.70. The van der Waals surface area contributed by atoms with Crippen LogP contribution in [0.3, 0.4) is 0 Å². The Labute approximate surface area is 148 Å². The van der Waals surface area contributed by atoms with Crippen molar-refractivity contribution in [1.29, 1.82) is 0 Å². The lowest BCUT2D eigenvalue weighted by atomic mass is 10.1. The maximum atomic E-state index is 5.17. The number of methoxy groups -OCH3 is 1. The van der Waals surface area contributed by atoms with Gasteiger partial charge in [-0.15, -0.1) is 11.3 Å². The molecule has 1 aromatic heterocycles. The van der Waals surface area contributed by atoms with Crippen molar-refractivity contribution in [1.82, 2.24) is 15.6 Å². The van der Waals surface area contributed by atoms with Crippen molar-refractivity contribution in [3.05, 3.63) is 45.4 Å². The second kappa shape index (κ2) is 9.27. The minimum absolute atomic E-state index is 0.827. The molecule has 0 aliphatic heterocycles. The molecule has 1 aromatic carbocycles. The predicted octanol–water partition coefficient (Wildman–Crippen LogP) is 2.72. The fourth-order valence-corrected chi connectivity index (χ4v) is 3.21. The van der Waals surface area contributed by atoms with Gasteiger partial charge in [0.05, 0.1) is 17.8 Å². The summed E-state index contributed by atoms with van der Waals surface area (Å²) in [6, 6.07) is 8.15. The molecule has 1 heterocycles. The van der Waals surface area contributed by atoms with Gasteiger partial charge in [-0.2, -0.15) is 0 Å². The first-order chi connectivity index (χ1) is 11.6. The highest BCUT2D eigenvalue weighted by atomic mass is 32.1. The van der Waals surface area contributed by atoms with Gasteiger partial charge in [0, 0.05) is 31.4 Å². The zero-order valence-electron chi connectivity index (χ0n) is 14.8. The zero-order chi connectivity index (χ0) is 17.4. The molecule has 0 amide bonds. The summed E-state index contributed by atoms with van der Waals surface area (Å²) in [5, 5.41) is 7.85. The fourth-order valence-electron chi connectivity index (χ4n) is 2.27. The smallest absolute Gasteiger partial charge is 0.191 e. The molecule has 0 unspecified atom stereocenters. The van der Waals surface area contributed by atoms with Gasteiger partial charge >= 0.3 is 0 Å². The van der Waals surface area contributed by atoms with Crippen LogP contribution in [0.5, 0.6) is 5.75 Å². The lowest BCUT2D eigenvalue weighted by molar-refractivity contribution is 0.414. The summed E-state index contributed by atoms with van der Waals surface area (Å²) < 4.78 is 5.17. The van der Waals surface area contributed by atoms with Crippen molar-refractivity contribution < 1.29 is 4.74 Å². The van der Waals surface area contributed by atoms with Crippen molar-refractivity contribution >= 4 is 17.3 Å². The van der Waals surface area contributed by atoms with Crippen LogP contribution in [0, 0.1) is 13.8 Å². The highest BCUT2D eigenvalue weighted by Crippen LogP contribution is 2.16. The van der Waals surface area contributed by atoms with E-state index < -0.39 is 0 Å². The number of nitrogens with one attached hydrogen (secondary N) is 2. The fraction of sp³-hybridized carbons (Fsp3) is 0.444. The summed E-state index contributed by atoms with van der Waals surface area (Å²) >= 11 is 1.77. The van der Waals surface area contributed by atoms with Crippen LogP contribution >= 0.6 is 11.3 Å². The molecule has 2 N–H and O–H groups in total. The van der Waals surface area contributed by atoms with E-state index in [9.17, 15) is 0 Å². The molecule has 0 saturated carbocycles. The van der Waals surface area contributed by atoms with Crippen molar-refractivity contribution in [2.75, 3.05) is 27.2 Å². The van der Waals surface area contributed by atoms with Crippen molar-refractivity contribution in [2.24, 2.45) is 4.99 Å². The third-order valence-corrected chi connectivity index (χ3v) is 4.93. The van der Waals surface area contributed by atoms with Crippen LogP contribution in [0.15, 0.2) is 29.3 Å². The van der Waals surface area contributed by atoms with Crippen LogP contribution in [0.1, 0.15) is 21.1 Å². The molecule has 2 aromatic rings.